The molecule has 2 aromatic rings. The maximum atomic E-state index is 12.6. The molecule has 0 aromatic heterocycles. The molecule has 0 atom stereocenters. The summed E-state index contributed by atoms with van der Waals surface area (Å²) in [5, 5.41) is 8.65. The minimum atomic E-state index is -4.56. The molecule has 0 radical (unpaired) electrons. The summed E-state index contributed by atoms with van der Waals surface area (Å²) in [6, 6.07) is 10.7. The lowest BCUT2D eigenvalue weighted by atomic mass is 10.2. The van der Waals surface area contributed by atoms with Crippen molar-refractivity contribution in [2.24, 2.45) is 0 Å². The molecule has 0 aliphatic rings. The highest BCUT2D eigenvalue weighted by atomic mass is 32.2. The van der Waals surface area contributed by atoms with E-state index in [1.165, 1.54) is 30.3 Å². The standard InChI is InChI=1S/C14H9F3N2O2S/c15-14(16,17)11-2-1-3-12(8-11)19-22(20,21)13-6-4-10(9-18)5-7-13/h1-8,19H. The number of hydrogen-bond donors (Lipinski definition) is 1. The van der Waals surface area contributed by atoms with Crippen LogP contribution in [0, 0.1) is 11.3 Å². The van der Waals surface area contributed by atoms with Crippen molar-refractivity contribution in [1.29, 1.82) is 5.26 Å². The quantitative estimate of drug-likeness (QED) is 0.940. The van der Waals surface area contributed by atoms with Crippen molar-refractivity contribution in [3.63, 3.8) is 0 Å². The van der Waals surface area contributed by atoms with Gasteiger partial charge in [-0.15, -0.1) is 0 Å². The first-order chi connectivity index (χ1) is 10.2. The number of benzene rings is 2. The summed E-state index contributed by atoms with van der Waals surface area (Å²) in [6.45, 7) is 0. The van der Waals surface area contributed by atoms with Gasteiger partial charge in [0.15, 0.2) is 0 Å². The van der Waals surface area contributed by atoms with Gasteiger partial charge in [-0.1, -0.05) is 6.07 Å². The van der Waals surface area contributed by atoms with Gasteiger partial charge in [0.2, 0.25) is 0 Å². The van der Waals surface area contributed by atoms with Crippen molar-refractivity contribution in [1.82, 2.24) is 0 Å². The molecule has 0 aliphatic carbocycles. The summed E-state index contributed by atoms with van der Waals surface area (Å²) in [5.41, 5.74) is -0.871. The van der Waals surface area contributed by atoms with E-state index in [0.717, 1.165) is 12.1 Å². The zero-order chi connectivity index (χ0) is 16.4. The second-order valence-corrected chi connectivity index (χ2v) is 6.00. The molecule has 1 N–H and O–H groups in total. The SMILES string of the molecule is N#Cc1ccc(S(=O)(=O)Nc2cccc(C(F)(F)F)c2)cc1. The number of rotatable bonds is 3. The third-order valence-electron chi connectivity index (χ3n) is 2.74. The summed E-state index contributed by atoms with van der Waals surface area (Å²) in [7, 11) is -4.03. The van der Waals surface area contributed by atoms with E-state index in [9.17, 15) is 21.6 Å². The molecule has 4 nitrogen and oxygen atoms in total. The molecule has 0 spiro atoms. The van der Waals surface area contributed by atoms with Crippen LogP contribution < -0.4 is 4.72 Å². The molecular weight excluding hydrogens is 317 g/mol. The van der Waals surface area contributed by atoms with E-state index in [1.54, 1.807) is 0 Å². The van der Waals surface area contributed by atoms with Crippen molar-refractivity contribution >= 4 is 15.7 Å². The summed E-state index contributed by atoms with van der Waals surface area (Å²) >= 11 is 0. The first kappa shape index (κ1) is 15.9. The van der Waals surface area contributed by atoms with Crippen LogP contribution in [-0.4, -0.2) is 8.42 Å². The number of nitrogens with one attached hydrogen (secondary N) is 1. The van der Waals surface area contributed by atoms with E-state index >= 15 is 0 Å². The molecule has 8 heteroatoms. The summed E-state index contributed by atoms with van der Waals surface area (Å²) in [4.78, 5) is -0.149. The number of anilines is 1. The number of sulfonamides is 1. The van der Waals surface area contributed by atoms with Gasteiger partial charge >= 0.3 is 6.18 Å². The normalized spacial score (nSPS) is 11.7. The average Bonchev–Trinajstić information content (AvgIpc) is 2.46. The Bertz CT molecular complexity index is 822. The lowest BCUT2D eigenvalue weighted by molar-refractivity contribution is -0.137. The Morgan fingerprint density at radius 2 is 1.68 bits per heavy atom. The Labute approximate surface area is 124 Å². The van der Waals surface area contributed by atoms with Crippen LogP contribution in [-0.2, 0) is 16.2 Å². The molecule has 0 bridgehead atoms. The maximum absolute atomic E-state index is 12.6. The largest absolute Gasteiger partial charge is 0.416 e. The third kappa shape index (κ3) is 3.56. The van der Waals surface area contributed by atoms with Gasteiger partial charge in [0.25, 0.3) is 10.0 Å². The fourth-order valence-corrected chi connectivity index (χ4v) is 2.73. The Kier molecular flexibility index (Phi) is 4.10. The molecule has 0 saturated heterocycles. The van der Waals surface area contributed by atoms with Crippen LogP contribution in [0.1, 0.15) is 11.1 Å². The fraction of sp³-hybridized carbons (Fsp3) is 0.0714. The first-order valence-electron chi connectivity index (χ1n) is 5.92. The van der Waals surface area contributed by atoms with E-state index < -0.39 is 21.8 Å². The van der Waals surface area contributed by atoms with Crippen molar-refractivity contribution in [2.45, 2.75) is 11.1 Å². The highest BCUT2D eigenvalue weighted by Crippen LogP contribution is 2.31. The van der Waals surface area contributed by atoms with Crippen molar-refractivity contribution < 1.29 is 21.6 Å². The average molecular weight is 326 g/mol. The summed E-state index contributed by atoms with van der Waals surface area (Å²) < 4.78 is 64.0. The molecule has 0 aliphatic heterocycles. The number of alkyl halides is 3. The lowest BCUT2D eigenvalue weighted by Crippen LogP contribution is -2.14. The number of hydrogen-bond acceptors (Lipinski definition) is 3. The molecule has 2 rings (SSSR count). The van der Waals surface area contributed by atoms with Crippen LogP contribution in [0.2, 0.25) is 0 Å². The van der Waals surface area contributed by atoms with E-state index in [-0.39, 0.29) is 16.1 Å². The summed E-state index contributed by atoms with van der Waals surface area (Å²) in [5.74, 6) is 0. The first-order valence-corrected chi connectivity index (χ1v) is 7.41. The second-order valence-electron chi connectivity index (χ2n) is 4.32. The zero-order valence-electron chi connectivity index (χ0n) is 10.9. The highest BCUT2D eigenvalue weighted by Gasteiger charge is 2.30. The van der Waals surface area contributed by atoms with Crippen LogP contribution in [0.15, 0.2) is 53.4 Å². The molecule has 2 aromatic carbocycles. The molecule has 114 valence electrons. The van der Waals surface area contributed by atoms with Gasteiger partial charge in [-0.3, -0.25) is 4.72 Å². The van der Waals surface area contributed by atoms with Gasteiger partial charge in [0.05, 0.1) is 22.1 Å². The van der Waals surface area contributed by atoms with Crippen molar-refractivity contribution in [3.05, 3.63) is 59.7 Å². The summed E-state index contributed by atoms with van der Waals surface area (Å²) in [6.07, 6.45) is -4.56. The molecule has 22 heavy (non-hydrogen) atoms. The van der Waals surface area contributed by atoms with E-state index in [2.05, 4.69) is 4.72 Å². The van der Waals surface area contributed by atoms with Crippen LogP contribution >= 0.6 is 0 Å². The lowest BCUT2D eigenvalue weighted by Gasteiger charge is -2.11. The van der Waals surface area contributed by atoms with Gasteiger partial charge < -0.3 is 0 Å². The van der Waals surface area contributed by atoms with Gasteiger partial charge in [-0.2, -0.15) is 18.4 Å². The number of nitriles is 1. The second kappa shape index (κ2) is 5.69. The predicted molar refractivity (Wildman–Crippen MR) is 73.4 cm³/mol. The van der Waals surface area contributed by atoms with E-state index in [1.807, 2.05) is 6.07 Å². The predicted octanol–water partition coefficient (Wildman–Crippen LogP) is 3.38. The molecule has 0 unspecified atom stereocenters. The highest BCUT2D eigenvalue weighted by molar-refractivity contribution is 7.92. The minimum absolute atomic E-state index is 0.149. The van der Waals surface area contributed by atoms with Crippen LogP contribution in [0.4, 0.5) is 18.9 Å². The molecule has 0 fully saturated rings. The van der Waals surface area contributed by atoms with Crippen molar-refractivity contribution in [2.75, 3.05) is 4.72 Å². The molecular formula is C14H9F3N2O2S. The monoisotopic (exact) mass is 326 g/mol. The van der Waals surface area contributed by atoms with Gasteiger partial charge in [0.1, 0.15) is 0 Å². The Hall–Kier alpha value is -2.53. The molecule has 0 saturated carbocycles. The van der Waals surface area contributed by atoms with Crippen molar-refractivity contribution in [3.8, 4) is 6.07 Å². The zero-order valence-corrected chi connectivity index (χ0v) is 11.7. The topological polar surface area (TPSA) is 70.0 Å². The van der Waals surface area contributed by atoms with Crippen LogP contribution in [0.5, 0.6) is 0 Å². The molecule has 0 heterocycles. The Morgan fingerprint density at radius 3 is 2.23 bits per heavy atom. The van der Waals surface area contributed by atoms with E-state index in [0.29, 0.717) is 6.07 Å². The Morgan fingerprint density at radius 1 is 1.05 bits per heavy atom. The minimum Gasteiger partial charge on any atom is -0.280 e. The number of nitrogens with zero attached hydrogens (tertiary/aromatic N) is 1. The smallest absolute Gasteiger partial charge is 0.280 e. The van der Waals surface area contributed by atoms with Gasteiger partial charge in [-0.25, -0.2) is 8.42 Å². The fourth-order valence-electron chi connectivity index (χ4n) is 1.68. The number of halogens is 3. The molecule has 0 amide bonds. The maximum Gasteiger partial charge on any atom is 0.416 e. The van der Waals surface area contributed by atoms with Gasteiger partial charge in [0, 0.05) is 5.69 Å². The van der Waals surface area contributed by atoms with Crippen LogP contribution in [0.25, 0.3) is 0 Å². The van der Waals surface area contributed by atoms with E-state index in [4.69, 9.17) is 5.26 Å². The Balaban J connectivity index is 2.31. The van der Waals surface area contributed by atoms with Gasteiger partial charge in [-0.05, 0) is 42.5 Å². The van der Waals surface area contributed by atoms with Crippen LogP contribution in [0.3, 0.4) is 0 Å². The third-order valence-corrected chi connectivity index (χ3v) is 4.13.